The van der Waals surface area contributed by atoms with E-state index in [0.29, 0.717) is 10.7 Å². The Morgan fingerprint density at radius 3 is 2.62 bits per heavy atom. The normalized spacial score (nSPS) is 13.2. The number of carboxylic acids is 1. The number of carboxylic acid groups (broad SMARTS) is 1. The first-order valence-electron chi connectivity index (χ1n) is 8.65. The molecule has 5 nitrogen and oxygen atoms in total. The molecule has 0 saturated heterocycles. The molecular weight excluding hydrogens is 425 g/mol. The second kappa shape index (κ2) is 8.00. The Bertz CT molecular complexity index is 1180. The van der Waals surface area contributed by atoms with Crippen LogP contribution in [-0.4, -0.2) is 15.6 Å². The van der Waals surface area contributed by atoms with Gasteiger partial charge >= 0.3 is 5.97 Å². The van der Waals surface area contributed by atoms with E-state index in [1.165, 1.54) is 4.57 Å². The fraction of sp³-hybridized carbons (Fsp3) is 0.200. The van der Waals surface area contributed by atoms with Crippen LogP contribution in [0.25, 0.3) is 10.9 Å². The monoisotopic (exact) mass is 440 g/mol. The number of pyridine rings is 1. The van der Waals surface area contributed by atoms with E-state index in [4.69, 9.17) is 11.6 Å². The molecule has 0 spiro atoms. The van der Waals surface area contributed by atoms with Gasteiger partial charge in [0.1, 0.15) is 11.4 Å². The smallest absolute Gasteiger partial charge is 0.341 e. The number of fused-ring (bicyclic) bond motifs is 1. The second-order valence-electron chi connectivity index (χ2n) is 6.73. The zero-order valence-electron chi connectivity index (χ0n) is 14.9. The first kappa shape index (κ1) is 21.1. The lowest BCUT2D eigenvalue weighted by molar-refractivity contribution is 0.0695. The van der Waals surface area contributed by atoms with Crippen molar-refractivity contribution in [2.75, 3.05) is 5.32 Å². The lowest BCUT2D eigenvalue weighted by atomic mass is 10.1. The standard InChI is InChI=1S/C20H15ClF2N2O3.ClH/c21-10-2-1-3-11(6-10)24-8-14-16(22)7-13-18(17(14)23)25(12-4-5-12)9-15(19(13)26)20(27)28;/h1-3,6-7,9,12,24H,4-5,8H2,(H,27,28);1H. The van der Waals surface area contributed by atoms with Crippen LogP contribution < -0.4 is 10.7 Å². The summed E-state index contributed by atoms with van der Waals surface area (Å²) in [6.07, 6.45) is 2.63. The molecule has 4 rings (SSSR count). The minimum atomic E-state index is -1.42. The number of hydrogen-bond donors (Lipinski definition) is 2. The molecule has 1 saturated carbocycles. The number of nitrogens with one attached hydrogen (secondary N) is 1. The Labute approximate surface area is 175 Å². The van der Waals surface area contributed by atoms with E-state index in [-0.39, 0.29) is 41.5 Å². The van der Waals surface area contributed by atoms with Crippen molar-refractivity contribution in [1.82, 2.24) is 4.57 Å². The predicted octanol–water partition coefficient (Wildman–Crippen LogP) is 5.00. The Hall–Kier alpha value is -2.64. The van der Waals surface area contributed by atoms with Crippen LogP contribution in [0.4, 0.5) is 14.5 Å². The van der Waals surface area contributed by atoms with Gasteiger partial charge in [0.05, 0.1) is 10.9 Å². The minimum Gasteiger partial charge on any atom is -0.477 e. The molecule has 9 heteroatoms. The van der Waals surface area contributed by atoms with Crippen molar-refractivity contribution in [3.8, 4) is 0 Å². The largest absolute Gasteiger partial charge is 0.477 e. The average Bonchev–Trinajstić information content (AvgIpc) is 3.47. The van der Waals surface area contributed by atoms with Gasteiger partial charge in [-0.15, -0.1) is 12.4 Å². The lowest BCUT2D eigenvalue weighted by Crippen LogP contribution is -2.20. The number of benzene rings is 2. The van der Waals surface area contributed by atoms with Crippen molar-refractivity contribution in [1.29, 1.82) is 0 Å². The maximum absolute atomic E-state index is 15.3. The van der Waals surface area contributed by atoms with Crippen LogP contribution in [0, 0.1) is 11.6 Å². The molecule has 3 aromatic rings. The summed E-state index contributed by atoms with van der Waals surface area (Å²) in [6, 6.07) is 7.53. The Kier molecular flexibility index (Phi) is 5.82. The van der Waals surface area contributed by atoms with Crippen molar-refractivity contribution in [3.63, 3.8) is 0 Å². The van der Waals surface area contributed by atoms with Crippen molar-refractivity contribution >= 4 is 46.6 Å². The van der Waals surface area contributed by atoms with Gasteiger partial charge in [-0.2, -0.15) is 0 Å². The summed E-state index contributed by atoms with van der Waals surface area (Å²) in [5.41, 5.74) is -1.10. The molecule has 2 N–H and O–H groups in total. The summed E-state index contributed by atoms with van der Waals surface area (Å²) in [4.78, 5) is 23.8. The number of hydrogen-bond acceptors (Lipinski definition) is 3. The molecule has 2 aromatic carbocycles. The van der Waals surface area contributed by atoms with Gasteiger partial charge < -0.3 is 15.0 Å². The molecule has 0 bridgehead atoms. The van der Waals surface area contributed by atoms with E-state index in [2.05, 4.69) is 5.32 Å². The van der Waals surface area contributed by atoms with Crippen LogP contribution in [0.2, 0.25) is 5.02 Å². The maximum Gasteiger partial charge on any atom is 0.341 e. The Morgan fingerprint density at radius 1 is 1.28 bits per heavy atom. The number of aromatic nitrogens is 1. The summed E-state index contributed by atoms with van der Waals surface area (Å²) in [5, 5.41) is 12.4. The summed E-state index contributed by atoms with van der Waals surface area (Å²) in [6.45, 7) is -0.159. The highest BCUT2D eigenvalue weighted by atomic mass is 35.5. The van der Waals surface area contributed by atoms with Gasteiger partial charge in [0.2, 0.25) is 5.43 Å². The molecule has 1 fully saturated rings. The molecule has 0 radical (unpaired) electrons. The van der Waals surface area contributed by atoms with E-state index in [1.54, 1.807) is 24.3 Å². The van der Waals surface area contributed by atoms with Crippen molar-refractivity contribution in [2.45, 2.75) is 25.4 Å². The van der Waals surface area contributed by atoms with Crippen LogP contribution in [-0.2, 0) is 6.54 Å². The van der Waals surface area contributed by atoms with Gasteiger partial charge in [0.25, 0.3) is 0 Å². The van der Waals surface area contributed by atoms with Crippen LogP contribution in [0.1, 0.15) is 34.8 Å². The molecule has 1 aromatic heterocycles. The van der Waals surface area contributed by atoms with Gasteiger partial charge in [-0.1, -0.05) is 17.7 Å². The molecule has 29 heavy (non-hydrogen) atoms. The van der Waals surface area contributed by atoms with Gasteiger partial charge in [-0.05, 0) is 37.1 Å². The lowest BCUT2D eigenvalue weighted by Gasteiger charge is -2.16. The topological polar surface area (TPSA) is 71.3 Å². The molecule has 1 aliphatic carbocycles. The first-order chi connectivity index (χ1) is 13.4. The van der Waals surface area contributed by atoms with Crippen molar-refractivity contribution < 1.29 is 18.7 Å². The highest BCUT2D eigenvalue weighted by Crippen LogP contribution is 2.38. The maximum atomic E-state index is 15.3. The number of carbonyl (C=O) groups is 1. The van der Waals surface area contributed by atoms with Crippen molar-refractivity contribution in [2.24, 2.45) is 0 Å². The van der Waals surface area contributed by atoms with Crippen LogP contribution >= 0.6 is 24.0 Å². The molecule has 1 heterocycles. The summed E-state index contributed by atoms with van der Waals surface area (Å²) < 4.78 is 31.3. The third-order valence-corrected chi connectivity index (χ3v) is 5.00. The first-order valence-corrected chi connectivity index (χ1v) is 9.03. The summed E-state index contributed by atoms with van der Waals surface area (Å²) in [5.74, 6) is -3.21. The van der Waals surface area contributed by atoms with Crippen molar-refractivity contribution in [3.05, 3.63) is 74.5 Å². The van der Waals surface area contributed by atoms with Crippen LogP contribution in [0.15, 0.2) is 41.3 Å². The van der Waals surface area contributed by atoms with Crippen LogP contribution in [0.3, 0.4) is 0 Å². The predicted molar refractivity (Wildman–Crippen MR) is 109 cm³/mol. The number of anilines is 1. The van der Waals surface area contributed by atoms with Gasteiger partial charge in [0, 0.05) is 35.1 Å². The van der Waals surface area contributed by atoms with Crippen LogP contribution in [0.5, 0.6) is 0 Å². The van der Waals surface area contributed by atoms with Gasteiger partial charge in [-0.25, -0.2) is 13.6 Å². The molecule has 0 aliphatic heterocycles. The van der Waals surface area contributed by atoms with E-state index in [0.717, 1.165) is 25.1 Å². The third kappa shape index (κ3) is 3.93. The number of nitrogens with zero attached hydrogens (tertiary/aromatic N) is 1. The number of aromatic carboxylic acids is 1. The minimum absolute atomic E-state index is 0. The molecule has 0 amide bonds. The fourth-order valence-electron chi connectivity index (χ4n) is 3.23. The quantitative estimate of drug-likeness (QED) is 0.585. The Balaban J connectivity index is 0.00000240. The van der Waals surface area contributed by atoms with E-state index >= 15 is 4.39 Å². The molecular formula is C20H16Cl2F2N2O3. The zero-order valence-corrected chi connectivity index (χ0v) is 16.5. The average molecular weight is 441 g/mol. The van der Waals surface area contributed by atoms with E-state index in [9.17, 15) is 19.1 Å². The summed E-state index contributed by atoms with van der Waals surface area (Å²) >= 11 is 5.91. The number of halogens is 4. The molecule has 0 atom stereocenters. The van der Waals surface area contributed by atoms with Gasteiger partial charge in [0.15, 0.2) is 5.82 Å². The SMILES string of the molecule is Cl.O=C(O)c1cn(C2CC2)c2c(F)c(CNc3cccc(Cl)c3)c(F)cc2c1=O. The zero-order chi connectivity index (χ0) is 20.0. The third-order valence-electron chi connectivity index (χ3n) is 4.77. The fourth-order valence-corrected chi connectivity index (χ4v) is 3.42. The van der Waals surface area contributed by atoms with Gasteiger partial charge in [-0.3, -0.25) is 4.79 Å². The molecule has 1 aliphatic rings. The number of rotatable bonds is 5. The second-order valence-corrected chi connectivity index (χ2v) is 7.16. The highest BCUT2D eigenvalue weighted by molar-refractivity contribution is 6.30. The molecule has 0 unspecified atom stereocenters. The van der Waals surface area contributed by atoms with E-state index in [1.807, 2.05) is 0 Å². The highest BCUT2D eigenvalue weighted by Gasteiger charge is 2.29. The summed E-state index contributed by atoms with van der Waals surface area (Å²) in [7, 11) is 0. The van der Waals surface area contributed by atoms with E-state index < -0.39 is 28.6 Å². The molecule has 152 valence electrons. The Morgan fingerprint density at radius 2 is 2.00 bits per heavy atom.